The fourth-order valence-electron chi connectivity index (χ4n) is 3.96. The Bertz CT molecular complexity index is 1220. The third kappa shape index (κ3) is 4.17. The fraction of sp³-hybridized carbons (Fsp3) is 0.318. The lowest BCUT2D eigenvalue weighted by atomic mass is 10.2. The number of carbonyl (C=O) groups excluding carboxylic acids is 1. The van der Waals surface area contributed by atoms with E-state index in [0.29, 0.717) is 31.2 Å². The number of aromatic nitrogens is 2. The third-order valence-electron chi connectivity index (χ3n) is 5.57. The number of alkyl halides is 3. The maximum Gasteiger partial charge on any atom is 0.438 e. The first kappa shape index (κ1) is 22.1. The second-order valence-corrected chi connectivity index (χ2v) is 8.03. The van der Waals surface area contributed by atoms with Gasteiger partial charge in [-0.3, -0.25) is 14.2 Å². The minimum Gasteiger partial charge on any atom is -0.368 e. The van der Waals surface area contributed by atoms with E-state index >= 15 is 0 Å². The van der Waals surface area contributed by atoms with Crippen molar-refractivity contribution in [2.24, 2.45) is 0 Å². The molecule has 6 nitrogen and oxygen atoms in total. The lowest BCUT2D eigenvalue weighted by molar-refractivity contribution is -0.143. The van der Waals surface area contributed by atoms with E-state index < -0.39 is 29.4 Å². The maximum absolute atomic E-state index is 13.4. The van der Waals surface area contributed by atoms with Gasteiger partial charge in [-0.1, -0.05) is 29.8 Å². The summed E-state index contributed by atoms with van der Waals surface area (Å²) in [5.41, 5.74) is -1.73. The zero-order valence-electron chi connectivity index (χ0n) is 17.1. The minimum absolute atomic E-state index is 0.00449. The van der Waals surface area contributed by atoms with Crippen LogP contribution in [0, 0.1) is 0 Å². The van der Waals surface area contributed by atoms with Crippen molar-refractivity contribution >= 4 is 34.2 Å². The van der Waals surface area contributed by atoms with Gasteiger partial charge >= 0.3 is 6.18 Å². The summed E-state index contributed by atoms with van der Waals surface area (Å²) in [6, 6.07) is 12.3. The highest BCUT2D eigenvalue weighted by Crippen LogP contribution is 2.28. The molecule has 1 aliphatic rings. The van der Waals surface area contributed by atoms with Crippen LogP contribution in [0.15, 0.2) is 53.3 Å². The molecule has 1 aromatic heterocycles. The number of hydrogen-bond acceptors (Lipinski definition) is 4. The average Bonchev–Trinajstić information content (AvgIpc) is 2.77. The molecular formula is C22H20ClF3N4O2. The van der Waals surface area contributed by atoms with Gasteiger partial charge in [0.25, 0.3) is 5.56 Å². The number of anilines is 1. The number of nitrogens with zero attached hydrogens (tertiary/aromatic N) is 4. The van der Waals surface area contributed by atoms with Gasteiger partial charge in [-0.2, -0.15) is 13.2 Å². The van der Waals surface area contributed by atoms with Crippen molar-refractivity contribution in [3.05, 3.63) is 69.6 Å². The van der Waals surface area contributed by atoms with Gasteiger partial charge in [0.2, 0.25) is 11.6 Å². The lowest BCUT2D eigenvalue weighted by Crippen LogP contribution is -2.51. The van der Waals surface area contributed by atoms with Crippen LogP contribution in [0.25, 0.3) is 11.0 Å². The highest BCUT2D eigenvalue weighted by Gasteiger charge is 2.39. The van der Waals surface area contributed by atoms with Gasteiger partial charge in [0.15, 0.2) is 0 Å². The van der Waals surface area contributed by atoms with Gasteiger partial charge in [-0.05, 0) is 37.3 Å². The Morgan fingerprint density at radius 3 is 2.41 bits per heavy atom. The molecule has 0 unspecified atom stereocenters. The first-order valence-electron chi connectivity index (χ1n) is 10.0. The number of amides is 1. The molecule has 1 amide bonds. The fourth-order valence-corrected chi connectivity index (χ4v) is 4.14. The van der Waals surface area contributed by atoms with Crippen LogP contribution in [0.3, 0.4) is 0 Å². The highest BCUT2D eigenvalue weighted by atomic mass is 35.5. The van der Waals surface area contributed by atoms with Crippen LogP contribution in [-0.4, -0.2) is 46.5 Å². The van der Waals surface area contributed by atoms with E-state index in [4.69, 9.17) is 11.6 Å². The van der Waals surface area contributed by atoms with Gasteiger partial charge < -0.3 is 9.80 Å². The Balaban J connectivity index is 1.61. The zero-order chi connectivity index (χ0) is 23.0. The van der Waals surface area contributed by atoms with E-state index in [9.17, 15) is 22.8 Å². The molecule has 2 aromatic carbocycles. The Labute approximate surface area is 186 Å². The maximum atomic E-state index is 13.4. The van der Waals surface area contributed by atoms with Crippen molar-refractivity contribution < 1.29 is 18.0 Å². The Morgan fingerprint density at radius 1 is 1.06 bits per heavy atom. The molecule has 0 saturated carbocycles. The predicted octanol–water partition coefficient (Wildman–Crippen LogP) is 3.98. The summed E-state index contributed by atoms with van der Waals surface area (Å²) in [7, 11) is 0. The second kappa shape index (κ2) is 8.46. The van der Waals surface area contributed by atoms with Crippen LogP contribution in [0.2, 0.25) is 5.02 Å². The van der Waals surface area contributed by atoms with Gasteiger partial charge in [0.05, 0.1) is 11.0 Å². The number of benzene rings is 2. The van der Waals surface area contributed by atoms with Gasteiger partial charge in [0, 0.05) is 36.9 Å². The van der Waals surface area contributed by atoms with Crippen LogP contribution in [0.1, 0.15) is 18.7 Å². The molecule has 0 aliphatic carbocycles. The van der Waals surface area contributed by atoms with Gasteiger partial charge in [0.1, 0.15) is 6.04 Å². The molecule has 2 heterocycles. The smallest absolute Gasteiger partial charge is 0.368 e. The summed E-state index contributed by atoms with van der Waals surface area (Å²) in [4.78, 5) is 33.1. The van der Waals surface area contributed by atoms with Crippen molar-refractivity contribution in [1.29, 1.82) is 0 Å². The topological polar surface area (TPSA) is 58.4 Å². The molecule has 3 aromatic rings. The molecule has 1 saturated heterocycles. The molecule has 0 spiro atoms. The van der Waals surface area contributed by atoms with E-state index in [2.05, 4.69) is 9.88 Å². The first-order chi connectivity index (χ1) is 15.2. The van der Waals surface area contributed by atoms with Gasteiger partial charge in [-0.15, -0.1) is 0 Å². The molecule has 0 bridgehead atoms. The van der Waals surface area contributed by atoms with Gasteiger partial charge in [-0.25, -0.2) is 4.98 Å². The van der Waals surface area contributed by atoms with Crippen LogP contribution in [0.4, 0.5) is 18.9 Å². The third-order valence-corrected chi connectivity index (χ3v) is 5.81. The van der Waals surface area contributed by atoms with Crippen molar-refractivity contribution in [2.45, 2.75) is 19.1 Å². The van der Waals surface area contributed by atoms with Crippen LogP contribution >= 0.6 is 11.6 Å². The van der Waals surface area contributed by atoms with E-state index in [0.717, 1.165) is 10.3 Å². The summed E-state index contributed by atoms with van der Waals surface area (Å²) >= 11 is 6.05. The SMILES string of the molecule is C[C@H](C(=O)N1CCN(c2cccc(Cl)c2)CC1)n1c(=O)c(C(F)(F)F)nc2ccccc21. The number of fused-ring (bicyclic) bond motifs is 1. The molecule has 0 N–H and O–H groups in total. The molecule has 32 heavy (non-hydrogen) atoms. The molecule has 10 heteroatoms. The van der Waals surface area contributed by atoms with Crippen LogP contribution in [0.5, 0.6) is 0 Å². The van der Waals surface area contributed by atoms with Crippen molar-refractivity contribution in [3.8, 4) is 0 Å². The summed E-state index contributed by atoms with van der Waals surface area (Å²) in [6.07, 6.45) is -4.92. The molecule has 1 aliphatic heterocycles. The standard InChI is InChI=1S/C22H20ClF3N4O2/c1-14(20(31)29-11-9-28(10-12-29)16-6-4-5-15(23)13-16)30-18-8-3-2-7-17(18)27-19(21(30)32)22(24,25)26/h2-8,13-14H,9-12H2,1H3/t14-/m1/s1. The van der Waals surface area contributed by atoms with Crippen molar-refractivity contribution in [2.75, 3.05) is 31.1 Å². The lowest BCUT2D eigenvalue weighted by Gasteiger charge is -2.37. The average molecular weight is 465 g/mol. The van der Waals surface area contributed by atoms with E-state index in [1.54, 1.807) is 17.0 Å². The zero-order valence-corrected chi connectivity index (χ0v) is 17.9. The number of piperazine rings is 1. The molecule has 0 radical (unpaired) electrons. The number of carbonyl (C=O) groups is 1. The molecule has 1 atom stereocenters. The highest BCUT2D eigenvalue weighted by molar-refractivity contribution is 6.30. The number of para-hydroxylation sites is 2. The van der Waals surface area contributed by atoms with Crippen molar-refractivity contribution in [1.82, 2.24) is 14.5 Å². The summed E-state index contributed by atoms with van der Waals surface area (Å²) in [5, 5.41) is 0.610. The minimum atomic E-state index is -4.92. The molecule has 168 valence electrons. The second-order valence-electron chi connectivity index (χ2n) is 7.59. The monoisotopic (exact) mass is 464 g/mol. The number of hydrogen-bond donors (Lipinski definition) is 0. The van der Waals surface area contributed by atoms with Crippen LogP contribution < -0.4 is 10.5 Å². The first-order valence-corrected chi connectivity index (χ1v) is 10.4. The van der Waals surface area contributed by atoms with Crippen molar-refractivity contribution in [3.63, 3.8) is 0 Å². The van der Waals surface area contributed by atoms with E-state index in [-0.39, 0.29) is 11.0 Å². The van der Waals surface area contributed by atoms with E-state index in [1.165, 1.54) is 25.1 Å². The molecular weight excluding hydrogens is 445 g/mol. The number of halogens is 4. The number of rotatable bonds is 3. The largest absolute Gasteiger partial charge is 0.438 e. The molecule has 1 fully saturated rings. The Hall–Kier alpha value is -3.07. The summed E-state index contributed by atoms with van der Waals surface area (Å²) in [5.74, 6) is -0.415. The molecule has 4 rings (SSSR count). The summed E-state index contributed by atoms with van der Waals surface area (Å²) < 4.78 is 41.2. The quantitative estimate of drug-likeness (QED) is 0.588. The summed E-state index contributed by atoms with van der Waals surface area (Å²) in [6.45, 7) is 3.27. The Kier molecular flexibility index (Phi) is 5.85. The van der Waals surface area contributed by atoms with E-state index in [1.807, 2.05) is 18.2 Å². The van der Waals surface area contributed by atoms with Crippen LogP contribution in [-0.2, 0) is 11.0 Å². The Morgan fingerprint density at radius 2 is 1.75 bits per heavy atom. The predicted molar refractivity (Wildman–Crippen MR) is 116 cm³/mol. The normalized spacial score (nSPS) is 15.8.